The molecule has 0 radical (unpaired) electrons. The number of nitrogens with zero attached hydrogens (tertiary/aromatic N) is 6. The van der Waals surface area contributed by atoms with Gasteiger partial charge in [0.15, 0.2) is 5.69 Å². The molecule has 1 aliphatic rings. The van der Waals surface area contributed by atoms with E-state index in [0.29, 0.717) is 6.07 Å². The van der Waals surface area contributed by atoms with Gasteiger partial charge in [-0.25, -0.2) is 0 Å². The lowest BCUT2D eigenvalue weighted by atomic mass is 9.99. The molecule has 168 valence electrons. The van der Waals surface area contributed by atoms with E-state index in [1.807, 2.05) is 0 Å². The Hall–Kier alpha value is -3.39. The van der Waals surface area contributed by atoms with Crippen LogP contribution in [0.15, 0.2) is 16.7 Å². The monoisotopic (exact) mass is 451 g/mol. The highest BCUT2D eigenvalue weighted by molar-refractivity contribution is 5.91. The SMILES string of the molecule is Cn1nc(C(F)(F)F)cc1C(N)=O.FC(F)(F)c1nnc(-n2cc3c(n2)CCCC3)o1. The lowest BCUT2D eigenvalue weighted by Gasteiger charge is -2.06. The van der Waals surface area contributed by atoms with E-state index < -0.39 is 29.8 Å². The van der Waals surface area contributed by atoms with Crippen molar-refractivity contribution < 1.29 is 35.6 Å². The molecule has 9 nitrogen and oxygen atoms in total. The number of fused-ring (bicyclic) bond motifs is 1. The minimum absolute atomic E-state index is 0.253. The van der Waals surface area contributed by atoms with Crippen molar-refractivity contribution in [1.82, 2.24) is 29.8 Å². The third kappa shape index (κ3) is 5.03. The first-order valence-corrected chi connectivity index (χ1v) is 8.76. The van der Waals surface area contributed by atoms with Crippen LogP contribution in [0.5, 0.6) is 0 Å². The molecule has 0 unspecified atom stereocenters. The molecule has 0 aliphatic heterocycles. The summed E-state index contributed by atoms with van der Waals surface area (Å²) in [5, 5.41) is 13.6. The smallest absolute Gasteiger partial charge is 0.398 e. The van der Waals surface area contributed by atoms with E-state index >= 15 is 0 Å². The van der Waals surface area contributed by atoms with Gasteiger partial charge in [-0.1, -0.05) is 5.10 Å². The summed E-state index contributed by atoms with van der Waals surface area (Å²) in [5.41, 5.74) is 5.34. The minimum atomic E-state index is -4.63. The summed E-state index contributed by atoms with van der Waals surface area (Å²) in [6, 6.07) is 0.360. The van der Waals surface area contributed by atoms with E-state index in [4.69, 9.17) is 5.73 Å². The van der Waals surface area contributed by atoms with Gasteiger partial charge in [-0.2, -0.15) is 41.2 Å². The van der Waals surface area contributed by atoms with Crippen molar-refractivity contribution in [3.63, 3.8) is 0 Å². The molecule has 4 rings (SSSR count). The molecule has 3 heterocycles. The maximum absolute atomic E-state index is 12.3. The van der Waals surface area contributed by atoms with E-state index in [1.54, 1.807) is 6.20 Å². The first-order valence-electron chi connectivity index (χ1n) is 8.76. The first-order chi connectivity index (χ1) is 14.4. The summed E-state index contributed by atoms with van der Waals surface area (Å²) in [4.78, 5) is 10.6. The molecule has 1 amide bonds. The van der Waals surface area contributed by atoms with Gasteiger partial charge in [0.25, 0.3) is 5.91 Å². The van der Waals surface area contributed by atoms with Crippen molar-refractivity contribution in [2.75, 3.05) is 0 Å². The number of primary amides is 1. The number of nitrogens with two attached hydrogens (primary N) is 1. The lowest BCUT2D eigenvalue weighted by Crippen LogP contribution is -2.15. The number of aryl methyl sites for hydroxylation is 3. The van der Waals surface area contributed by atoms with Gasteiger partial charge < -0.3 is 10.2 Å². The number of amides is 1. The number of alkyl halides is 6. The average Bonchev–Trinajstić information content (AvgIpc) is 3.38. The number of hydrogen-bond acceptors (Lipinski definition) is 6. The number of carbonyl (C=O) groups is 1. The minimum Gasteiger partial charge on any atom is -0.398 e. The van der Waals surface area contributed by atoms with Crippen molar-refractivity contribution in [2.45, 2.75) is 38.0 Å². The van der Waals surface area contributed by atoms with Crippen LogP contribution in [0.25, 0.3) is 6.01 Å². The van der Waals surface area contributed by atoms with Crippen molar-refractivity contribution in [2.24, 2.45) is 12.8 Å². The second-order valence-electron chi connectivity index (χ2n) is 6.54. The van der Waals surface area contributed by atoms with Gasteiger partial charge in [-0.15, -0.1) is 5.10 Å². The molecule has 2 N–H and O–H groups in total. The van der Waals surface area contributed by atoms with Crippen LogP contribution in [0.4, 0.5) is 26.3 Å². The van der Waals surface area contributed by atoms with Crippen LogP contribution >= 0.6 is 0 Å². The predicted molar refractivity (Wildman–Crippen MR) is 89.8 cm³/mol. The van der Waals surface area contributed by atoms with Crippen LogP contribution < -0.4 is 5.73 Å². The number of halogens is 6. The van der Waals surface area contributed by atoms with Gasteiger partial charge in [-0.3, -0.25) is 9.48 Å². The molecular weight excluding hydrogens is 436 g/mol. The number of carbonyl (C=O) groups excluding carboxylic acids is 1. The molecule has 0 aromatic carbocycles. The van der Waals surface area contributed by atoms with E-state index in [0.717, 1.165) is 41.6 Å². The Labute approximate surface area is 169 Å². The van der Waals surface area contributed by atoms with Crippen molar-refractivity contribution >= 4 is 5.91 Å². The Morgan fingerprint density at radius 3 is 2.23 bits per heavy atom. The standard InChI is InChI=1S/C10H9F3N4O.C6H6F3N3O/c11-10(12,13)8-14-15-9(18-8)17-5-6-3-1-2-4-7(6)16-17;1-12-3(5(10)13)2-4(11-12)6(7,8)9/h5H,1-4H2;2H,1H3,(H2,10,13). The van der Waals surface area contributed by atoms with Crippen molar-refractivity contribution in [3.8, 4) is 6.01 Å². The fourth-order valence-electron chi connectivity index (χ4n) is 2.83. The summed E-state index contributed by atoms with van der Waals surface area (Å²) in [7, 11) is 1.22. The van der Waals surface area contributed by atoms with Crippen LogP contribution in [-0.4, -0.2) is 35.7 Å². The molecule has 0 fully saturated rings. The Balaban J connectivity index is 0.000000187. The molecule has 0 spiro atoms. The van der Waals surface area contributed by atoms with Gasteiger partial charge >= 0.3 is 24.3 Å². The molecule has 1 aliphatic carbocycles. The molecule has 31 heavy (non-hydrogen) atoms. The Kier molecular flexibility index (Phi) is 5.78. The molecule has 0 bridgehead atoms. The summed E-state index contributed by atoms with van der Waals surface area (Å²) >= 11 is 0. The highest BCUT2D eigenvalue weighted by atomic mass is 19.4. The maximum atomic E-state index is 12.3. The van der Waals surface area contributed by atoms with Gasteiger partial charge in [0.2, 0.25) is 0 Å². The number of hydrogen-bond donors (Lipinski definition) is 1. The zero-order valence-electron chi connectivity index (χ0n) is 15.8. The quantitative estimate of drug-likeness (QED) is 0.599. The first kappa shape index (κ1) is 22.3. The molecule has 0 atom stereocenters. The third-order valence-electron chi connectivity index (χ3n) is 4.26. The highest BCUT2D eigenvalue weighted by Gasteiger charge is 2.38. The number of aromatic nitrogens is 6. The average molecular weight is 451 g/mol. The molecular formula is C16H15F6N7O2. The second-order valence-corrected chi connectivity index (χ2v) is 6.54. The van der Waals surface area contributed by atoms with Crippen LogP contribution in [0, 0.1) is 0 Å². The second kappa shape index (κ2) is 8.03. The predicted octanol–water partition coefficient (Wildman–Crippen LogP) is 2.69. The summed E-state index contributed by atoms with van der Waals surface area (Å²) < 4.78 is 79.6. The van der Waals surface area contributed by atoms with Gasteiger partial charge in [0, 0.05) is 19.3 Å². The van der Waals surface area contributed by atoms with Gasteiger partial charge in [0.1, 0.15) is 5.69 Å². The number of rotatable bonds is 2. The largest absolute Gasteiger partial charge is 0.470 e. The zero-order valence-corrected chi connectivity index (χ0v) is 15.8. The normalized spacial score (nSPS) is 14.0. The van der Waals surface area contributed by atoms with Gasteiger partial charge in [-0.05, 0) is 31.2 Å². The Morgan fingerprint density at radius 2 is 1.74 bits per heavy atom. The Bertz CT molecular complexity index is 1060. The van der Waals surface area contributed by atoms with E-state index in [-0.39, 0.29) is 11.7 Å². The van der Waals surface area contributed by atoms with E-state index in [1.165, 1.54) is 11.7 Å². The molecule has 3 aromatic rings. The van der Waals surface area contributed by atoms with Crippen LogP contribution in [-0.2, 0) is 32.2 Å². The Morgan fingerprint density at radius 1 is 1.06 bits per heavy atom. The van der Waals surface area contributed by atoms with E-state index in [9.17, 15) is 31.1 Å². The van der Waals surface area contributed by atoms with Gasteiger partial charge in [0.05, 0.1) is 5.69 Å². The molecule has 15 heteroatoms. The topological polar surface area (TPSA) is 118 Å². The molecule has 0 saturated carbocycles. The van der Waals surface area contributed by atoms with Crippen molar-refractivity contribution in [1.29, 1.82) is 0 Å². The van der Waals surface area contributed by atoms with Crippen LogP contribution in [0.1, 0.15) is 46.2 Å². The van der Waals surface area contributed by atoms with E-state index in [2.05, 4.69) is 24.8 Å². The summed E-state index contributed by atoms with van der Waals surface area (Å²) in [5.74, 6) is -2.29. The van der Waals surface area contributed by atoms with Crippen molar-refractivity contribution in [3.05, 3.63) is 40.8 Å². The summed E-state index contributed by atoms with van der Waals surface area (Å²) in [6.45, 7) is 0. The fraction of sp³-hybridized carbons (Fsp3) is 0.438. The van der Waals surface area contributed by atoms with Crippen LogP contribution in [0.3, 0.4) is 0 Å². The molecule has 3 aromatic heterocycles. The fourth-order valence-corrected chi connectivity index (χ4v) is 2.83. The van der Waals surface area contributed by atoms with Crippen LogP contribution in [0.2, 0.25) is 0 Å². The summed E-state index contributed by atoms with van der Waals surface area (Å²) in [6.07, 6.45) is -3.69. The third-order valence-corrected chi connectivity index (χ3v) is 4.26. The highest BCUT2D eigenvalue weighted by Crippen LogP contribution is 2.29. The zero-order chi connectivity index (χ0) is 23.0. The maximum Gasteiger partial charge on any atom is 0.470 e. The molecule has 0 saturated heterocycles. The lowest BCUT2D eigenvalue weighted by molar-refractivity contribution is -0.157.